The molecule has 0 atom stereocenters. The molecule has 2 aromatic heterocycles. The number of aryl methyl sites for hydroxylation is 1. The Morgan fingerprint density at radius 3 is 2.67 bits per heavy atom. The van der Waals surface area contributed by atoms with Crippen molar-refractivity contribution in [3.8, 4) is 10.6 Å². The molecule has 0 bridgehead atoms. The number of thiazole rings is 1. The molecule has 110 valence electrons. The van der Waals surface area contributed by atoms with Crippen molar-refractivity contribution >= 4 is 17.2 Å². The molecule has 1 amide bonds. The van der Waals surface area contributed by atoms with Crippen LogP contribution in [-0.4, -0.2) is 21.9 Å². The van der Waals surface area contributed by atoms with Crippen molar-refractivity contribution in [2.24, 2.45) is 0 Å². The van der Waals surface area contributed by atoms with E-state index in [1.807, 2.05) is 24.6 Å². The highest BCUT2D eigenvalue weighted by Gasteiger charge is 2.17. The van der Waals surface area contributed by atoms with Crippen LogP contribution in [0.15, 0.2) is 23.8 Å². The van der Waals surface area contributed by atoms with Gasteiger partial charge >= 0.3 is 0 Å². The van der Waals surface area contributed by atoms with E-state index in [0.29, 0.717) is 11.6 Å². The Balaban J connectivity index is 1.69. The van der Waals surface area contributed by atoms with Gasteiger partial charge in [-0.15, -0.1) is 11.3 Å². The molecule has 0 spiro atoms. The molecule has 0 saturated heterocycles. The predicted octanol–water partition coefficient (Wildman–Crippen LogP) is 3.58. The molecule has 1 aliphatic rings. The lowest BCUT2D eigenvalue weighted by Crippen LogP contribution is -2.36. The first-order valence-corrected chi connectivity index (χ1v) is 8.29. The van der Waals surface area contributed by atoms with Crippen molar-refractivity contribution < 1.29 is 4.79 Å². The molecule has 1 saturated carbocycles. The number of amides is 1. The quantitative estimate of drug-likeness (QED) is 0.942. The summed E-state index contributed by atoms with van der Waals surface area (Å²) in [6.45, 7) is 1.97. The number of carbonyl (C=O) groups is 1. The molecular formula is C16H19N3OS. The molecule has 5 heteroatoms. The third-order valence-electron chi connectivity index (χ3n) is 3.94. The SMILES string of the molecule is Cc1ncsc1-c1ccc(C(=O)NC2CCCCC2)cn1. The average Bonchev–Trinajstić information content (AvgIpc) is 2.94. The Labute approximate surface area is 128 Å². The Morgan fingerprint density at radius 2 is 2.05 bits per heavy atom. The second-order valence-electron chi connectivity index (χ2n) is 5.51. The number of pyridine rings is 1. The van der Waals surface area contributed by atoms with Gasteiger partial charge in [-0.05, 0) is 31.9 Å². The van der Waals surface area contributed by atoms with Crippen LogP contribution in [0.1, 0.15) is 48.2 Å². The van der Waals surface area contributed by atoms with Gasteiger partial charge in [0, 0.05) is 12.2 Å². The molecule has 2 heterocycles. The fraction of sp³-hybridized carbons (Fsp3) is 0.438. The van der Waals surface area contributed by atoms with Crippen molar-refractivity contribution in [1.29, 1.82) is 0 Å². The summed E-state index contributed by atoms with van der Waals surface area (Å²) < 4.78 is 0. The summed E-state index contributed by atoms with van der Waals surface area (Å²) in [6, 6.07) is 4.07. The second-order valence-corrected chi connectivity index (χ2v) is 6.36. The summed E-state index contributed by atoms with van der Waals surface area (Å²) in [5.74, 6) is -0.0121. The van der Waals surface area contributed by atoms with Crippen LogP contribution < -0.4 is 5.32 Å². The average molecular weight is 301 g/mol. The standard InChI is InChI=1S/C16H19N3OS/c1-11-15(21-10-18-11)14-8-7-12(9-17-14)16(20)19-13-5-3-2-4-6-13/h7-10,13H,2-6H2,1H3,(H,19,20). The minimum Gasteiger partial charge on any atom is -0.349 e. The van der Waals surface area contributed by atoms with Crippen LogP contribution in [0.2, 0.25) is 0 Å². The van der Waals surface area contributed by atoms with Gasteiger partial charge in [0.1, 0.15) is 0 Å². The van der Waals surface area contributed by atoms with Gasteiger partial charge in [0.25, 0.3) is 5.91 Å². The number of hydrogen-bond donors (Lipinski definition) is 1. The monoisotopic (exact) mass is 301 g/mol. The third kappa shape index (κ3) is 3.29. The zero-order valence-electron chi connectivity index (χ0n) is 12.1. The Kier molecular flexibility index (Phi) is 4.29. The normalized spacial score (nSPS) is 15.9. The van der Waals surface area contributed by atoms with Crippen molar-refractivity contribution in [3.05, 3.63) is 35.1 Å². The number of carbonyl (C=O) groups excluding carboxylic acids is 1. The van der Waals surface area contributed by atoms with Crippen LogP contribution in [0.25, 0.3) is 10.6 Å². The number of aromatic nitrogens is 2. The van der Waals surface area contributed by atoms with Crippen LogP contribution in [-0.2, 0) is 0 Å². The van der Waals surface area contributed by atoms with Crippen LogP contribution in [0, 0.1) is 6.92 Å². The van der Waals surface area contributed by atoms with E-state index < -0.39 is 0 Å². The van der Waals surface area contributed by atoms with Crippen molar-refractivity contribution in [3.63, 3.8) is 0 Å². The maximum absolute atomic E-state index is 12.2. The first-order chi connectivity index (χ1) is 10.2. The first-order valence-electron chi connectivity index (χ1n) is 7.41. The molecule has 1 fully saturated rings. The fourth-order valence-electron chi connectivity index (χ4n) is 2.73. The van der Waals surface area contributed by atoms with E-state index in [1.165, 1.54) is 19.3 Å². The Hall–Kier alpha value is -1.75. The minimum absolute atomic E-state index is 0.0121. The molecule has 0 aliphatic heterocycles. The zero-order chi connectivity index (χ0) is 14.7. The summed E-state index contributed by atoms with van der Waals surface area (Å²) in [4.78, 5) is 21.9. The van der Waals surface area contributed by atoms with E-state index in [1.54, 1.807) is 17.5 Å². The Bertz CT molecular complexity index is 615. The predicted molar refractivity (Wildman–Crippen MR) is 84.4 cm³/mol. The van der Waals surface area contributed by atoms with Gasteiger partial charge in [-0.25, -0.2) is 4.98 Å². The molecule has 0 radical (unpaired) electrons. The maximum atomic E-state index is 12.2. The van der Waals surface area contributed by atoms with Gasteiger partial charge in [-0.2, -0.15) is 0 Å². The molecule has 21 heavy (non-hydrogen) atoms. The number of nitrogens with one attached hydrogen (secondary N) is 1. The van der Waals surface area contributed by atoms with Crippen LogP contribution in [0.3, 0.4) is 0 Å². The molecular weight excluding hydrogens is 282 g/mol. The first kappa shape index (κ1) is 14.2. The molecule has 4 nitrogen and oxygen atoms in total. The lowest BCUT2D eigenvalue weighted by molar-refractivity contribution is 0.0927. The van der Waals surface area contributed by atoms with Crippen molar-refractivity contribution in [1.82, 2.24) is 15.3 Å². The lowest BCUT2D eigenvalue weighted by atomic mass is 9.95. The molecule has 2 aromatic rings. The highest BCUT2D eigenvalue weighted by atomic mass is 32.1. The Morgan fingerprint density at radius 1 is 1.24 bits per heavy atom. The number of nitrogens with zero attached hydrogens (tertiary/aromatic N) is 2. The second kappa shape index (κ2) is 6.35. The van der Waals surface area contributed by atoms with Gasteiger partial charge in [0.2, 0.25) is 0 Å². The summed E-state index contributed by atoms with van der Waals surface area (Å²) in [7, 11) is 0. The number of hydrogen-bond acceptors (Lipinski definition) is 4. The van der Waals surface area contributed by atoms with Gasteiger partial charge < -0.3 is 5.32 Å². The van der Waals surface area contributed by atoms with E-state index in [9.17, 15) is 4.79 Å². The smallest absolute Gasteiger partial charge is 0.253 e. The topological polar surface area (TPSA) is 54.9 Å². The van der Waals surface area contributed by atoms with E-state index in [0.717, 1.165) is 29.1 Å². The van der Waals surface area contributed by atoms with E-state index in [4.69, 9.17) is 0 Å². The van der Waals surface area contributed by atoms with Crippen molar-refractivity contribution in [2.45, 2.75) is 45.1 Å². The van der Waals surface area contributed by atoms with E-state index in [2.05, 4.69) is 15.3 Å². The third-order valence-corrected chi connectivity index (χ3v) is 4.90. The van der Waals surface area contributed by atoms with Gasteiger partial charge in [-0.3, -0.25) is 9.78 Å². The van der Waals surface area contributed by atoms with Crippen LogP contribution in [0.5, 0.6) is 0 Å². The molecule has 0 unspecified atom stereocenters. The van der Waals surface area contributed by atoms with Gasteiger partial charge in [0.05, 0.1) is 27.3 Å². The maximum Gasteiger partial charge on any atom is 0.253 e. The molecule has 0 aromatic carbocycles. The highest BCUT2D eigenvalue weighted by molar-refractivity contribution is 7.13. The van der Waals surface area contributed by atoms with Crippen LogP contribution in [0.4, 0.5) is 0 Å². The van der Waals surface area contributed by atoms with Gasteiger partial charge in [0.15, 0.2) is 0 Å². The van der Waals surface area contributed by atoms with Crippen LogP contribution >= 0.6 is 11.3 Å². The van der Waals surface area contributed by atoms with E-state index >= 15 is 0 Å². The highest BCUT2D eigenvalue weighted by Crippen LogP contribution is 2.25. The fourth-order valence-corrected chi connectivity index (χ4v) is 3.51. The number of rotatable bonds is 3. The lowest BCUT2D eigenvalue weighted by Gasteiger charge is -2.22. The molecule has 3 rings (SSSR count). The van der Waals surface area contributed by atoms with E-state index in [-0.39, 0.29) is 5.91 Å². The largest absolute Gasteiger partial charge is 0.349 e. The zero-order valence-corrected chi connectivity index (χ0v) is 12.9. The summed E-state index contributed by atoms with van der Waals surface area (Å²) >= 11 is 1.57. The molecule has 1 N–H and O–H groups in total. The minimum atomic E-state index is -0.0121. The molecule has 1 aliphatic carbocycles. The van der Waals surface area contributed by atoms with Crippen molar-refractivity contribution in [2.75, 3.05) is 0 Å². The summed E-state index contributed by atoms with van der Waals surface area (Å²) in [6.07, 6.45) is 7.57. The summed E-state index contributed by atoms with van der Waals surface area (Å²) in [5, 5.41) is 3.11. The van der Waals surface area contributed by atoms with Gasteiger partial charge in [-0.1, -0.05) is 19.3 Å². The summed E-state index contributed by atoms with van der Waals surface area (Å²) in [5.41, 5.74) is 4.30.